The fourth-order valence-corrected chi connectivity index (χ4v) is 2.27. The Kier molecular flexibility index (Phi) is 8.02. The summed E-state index contributed by atoms with van der Waals surface area (Å²) in [5, 5.41) is 6.32. The standard InChI is InChI=1S/C14H29N3O2/c1-4-5-6-15-14(18)13(3)16-12(2)11-17-7-9-19-10-8-17/h12-13,16H,4-11H2,1-3H3,(H,15,18). The molecule has 1 aliphatic heterocycles. The van der Waals surface area contributed by atoms with Crippen LogP contribution >= 0.6 is 0 Å². The van der Waals surface area contributed by atoms with Crippen molar-refractivity contribution >= 4 is 5.91 Å². The Hall–Kier alpha value is -0.650. The summed E-state index contributed by atoms with van der Waals surface area (Å²) in [5.41, 5.74) is 0. The highest BCUT2D eigenvalue weighted by atomic mass is 16.5. The number of nitrogens with one attached hydrogen (secondary N) is 2. The van der Waals surface area contributed by atoms with E-state index in [1.807, 2.05) is 6.92 Å². The van der Waals surface area contributed by atoms with E-state index in [4.69, 9.17) is 4.74 Å². The Morgan fingerprint density at radius 1 is 1.32 bits per heavy atom. The van der Waals surface area contributed by atoms with E-state index in [2.05, 4.69) is 29.4 Å². The van der Waals surface area contributed by atoms with Crippen LogP contribution in [0.15, 0.2) is 0 Å². The van der Waals surface area contributed by atoms with E-state index in [-0.39, 0.29) is 11.9 Å². The number of ether oxygens (including phenoxy) is 1. The fourth-order valence-electron chi connectivity index (χ4n) is 2.27. The van der Waals surface area contributed by atoms with Gasteiger partial charge in [0.1, 0.15) is 0 Å². The molecule has 0 bridgehead atoms. The first-order chi connectivity index (χ1) is 9.13. The molecule has 5 heteroatoms. The van der Waals surface area contributed by atoms with Gasteiger partial charge >= 0.3 is 0 Å². The highest BCUT2D eigenvalue weighted by Gasteiger charge is 2.18. The molecule has 2 unspecified atom stereocenters. The molecule has 0 aromatic heterocycles. The van der Waals surface area contributed by atoms with Gasteiger partial charge in [0.15, 0.2) is 0 Å². The van der Waals surface area contributed by atoms with E-state index >= 15 is 0 Å². The molecule has 1 heterocycles. The predicted octanol–water partition coefficient (Wildman–Crippen LogP) is 0.602. The fraction of sp³-hybridized carbons (Fsp3) is 0.929. The van der Waals surface area contributed by atoms with Crippen molar-refractivity contribution in [2.75, 3.05) is 39.4 Å². The van der Waals surface area contributed by atoms with Crippen LogP contribution in [0.2, 0.25) is 0 Å². The van der Waals surface area contributed by atoms with Gasteiger partial charge in [0, 0.05) is 32.2 Å². The minimum atomic E-state index is -0.132. The number of rotatable bonds is 8. The van der Waals surface area contributed by atoms with Gasteiger partial charge in [0.2, 0.25) is 5.91 Å². The molecule has 0 spiro atoms. The van der Waals surface area contributed by atoms with Crippen molar-refractivity contribution in [2.45, 2.75) is 45.7 Å². The lowest BCUT2D eigenvalue weighted by atomic mass is 10.2. The normalized spacial score (nSPS) is 19.9. The van der Waals surface area contributed by atoms with E-state index in [1.54, 1.807) is 0 Å². The molecular weight excluding hydrogens is 242 g/mol. The van der Waals surface area contributed by atoms with Crippen LogP contribution in [0.25, 0.3) is 0 Å². The second-order valence-corrected chi connectivity index (χ2v) is 5.35. The first-order valence-electron chi connectivity index (χ1n) is 7.47. The van der Waals surface area contributed by atoms with Gasteiger partial charge in [-0.25, -0.2) is 0 Å². The van der Waals surface area contributed by atoms with E-state index in [0.717, 1.165) is 52.2 Å². The summed E-state index contributed by atoms with van der Waals surface area (Å²) in [5.74, 6) is 0.0993. The van der Waals surface area contributed by atoms with Gasteiger partial charge in [-0.05, 0) is 20.3 Å². The SMILES string of the molecule is CCCCNC(=O)C(C)NC(C)CN1CCOCC1. The number of hydrogen-bond donors (Lipinski definition) is 2. The number of amides is 1. The lowest BCUT2D eigenvalue weighted by molar-refractivity contribution is -0.123. The van der Waals surface area contributed by atoms with Gasteiger partial charge in [-0.2, -0.15) is 0 Å². The summed E-state index contributed by atoms with van der Waals surface area (Å²) in [4.78, 5) is 14.2. The molecule has 1 amide bonds. The predicted molar refractivity (Wildman–Crippen MR) is 77.2 cm³/mol. The summed E-state index contributed by atoms with van der Waals surface area (Å²) in [7, 11) is 0. The van der Waals surface area contributed by atoms with Gasteiger partial charge < -0.3 is 15.4 Å². The Balaban J connectivity index is 2.18. The summed E-state index contributed by atoms with van der Waals surface area (Å²) in [6.45, 7) is 11.5. The Bertz CT molecular complexity index is 255. The van der Waals surface area contributed by atoms with E-state index in [1.165, 1.54) is 0 Å². The number of nitrogens with zero attached hydrogens (tertiary/aromatic N) is 1. The van der Waals surface area contributed by atoms with Crippen LogP contribution < -0.4 is 10.6 Å². The number of hydrogen-bond acceptors (Lipinski definition) is 4. The number of unbranched alkanes of at least 4 members (excludes halogenated alkanes) is 1. The molecule has 0 radical (unpaired) electrons. The van der Waals surface area contributed by atoms with Crippen molar-refractivity contribution in [1.29, 1.82) is 0 Å². The molecule has 0 aromatic rings. The second kappa shape index (κ2) is 9.28. The van der Waals surface area contributed by atoms with Gasteiger partial charge in [0.25, 0.3) is 0 Å². The molecule has 0 saturated carbocycles. The summed E-state index contributed by atoms with van der Waals surface area (Å²) >= 11 is 0. The van der Waals surface area contributed by atoms with Crippen molar-refractivity contribution in [3.8, 4) is 0 Å². The third-order valence-corrected chi connectivity index (χ3v) is 3.39. The van der Waals surface area contributed by atoms with E-state index in [0.29, 0.717) is 6.04 Å². The van der Waals surface area contributed by atoms with E-state index < -0.39 is 0 Å². The average Bonchev–Trinajstić information content (AvgIpc) is 2.39. The summed E-state index contributed by atoms with van der Waals surface area (Å²) in [6.07, 6.45) is 2.15. The van der Waals surface area contributed by atoms with Crippen molar-refractivity contribution in [3.05, 3.63) is 0 Å². The molecular formula is C14H29N3O2. The maximum absolute atomic E-state index is 11.8. The highest BCUT2D eigenvalue weighted by Crippen LogP contribution is 1.99. The maximum atomic E-state index is 11.8. The molecule has 2 N–H and O–H groups in total. The third kappa shape index (κ3) is 6.89. The number of carbonyl (C=O) groups excluding carboxylic acids is 1. The largest absolute Gasteiger partial charge is 0.379 e. The van der Waals surface area contributed by atoms with Crippen LogP contribution in [-0.2, 0) is 9.53 Å². The molecule has 0 aliphatic carbocycles. The monoisotopic (exact) mass is 271 g/mol. The highest BCUT2D eigenvalue weighted by molar-refractivity contribution is 5.81. The van der Waals surface area contributed by atoms with Crippen molar-refractivity contribution in [2.24, 2.45) is 0 Å². The van der Waals surface area contributed by atoms with E-state index in [9.17, 15) is 4.79 Å². The zero-order chi connectivity index (χ0) is 14.1. The second-order valence-electron chi connectivity index (χ2n) is 5.35. The molecule has 0 aromatic carbocycles. The third-order valence-electron chi connectivity index (χ3n) is 3.39. The maximum Gasteiger partial charge on any atom is 0.236 e. The van der Waals surface area contributed by atoms with Gasteiger partial charge in [-0.1, -0.05) is 13.3 Å². The quantitative estimate of drug-likeness (QED) is 0.635. The van der Waals surface area contributed by atoms with Crippen LogP contribution in [-0.4, -0.2) is 62.3 Å². The van der Waals surface area contributed by atoms with Gasteiger partial charge in [-0.15, -0.1) is 0 Å². The van der Waals surface area contributed by atoms with Crippen LogP contribution in [0.1, 0.15) is 33.6 Å². The molecule has 1 rings (SSSR count). The minimum Gasteiger partial charge on any atom is -0.379 e. The van der Waals surface area contributed by atoms with Gasteiger partial charge in [0.05, 0.1) is 19.3 Å². The Labute approximate surface area is 117 Å². The zero-order valence-corrected chi connectivity index (χ0v) is 12.6. The molecule has 1 aliphatic rings. The average molecular weight is 271 g/mol. The Morgan fingerprint density at radius 2 is 2.00 bits per heavy atom. The molecule has 112 valence electrons. The summed E-state index contributed by atoms with van der Waals surface area (Å²) < 4.78 is 5.33. The lowest BCUT2D eigenvalue weighted by Crippen LogP contribution is -2.50. The molecule has 2 atom stereocenters. The Morgan fingerprint density at radius 3 is 2.63 bits per heavy atom. The van der Waals surface area contributed by atoms with Crippen LogP contribution in [0.3, 0.4) is 0 Å². The van der Waals surface area contributed by atoms with Crippen molar-refractivity contribution in [3.63, 3.8) is 0 Å². The van der Waals surface area contributed by atoms with Crippen LogP contribution in [0.5, 0.6) is 0 Å². The molecule has 1 fully saturated rings. The van der Waals surface area contributed by atoms with Crippen LogP contribution in [0, 0.1) is 0 Å². The minimum absolute atomic E-state index is 0.0993. The number of morpholine rings is 1. The van der Waals surface area contributed by atoms with Gasteiger partial charge in [-0.3, -0.25) is 9.69 Å². The smallest absolute Gasteiger partial charge is 0.236 e. The number of carbonyl (C=O) groups is 1. The zero-order valence-electron chi connectivity index (χ0n) is 12.6. The van der Waals surface area contributed by atoms with Crippen molar-refractivity contribution < 1.29 is 9.53 Å². The molecule has 5 nitrogen and oxygen atoms in total. The van der Waals surface area contributed by atoms with Crippen LogP contribution in [0.4, 0.5) is 0 Å². The summed E-state index contributed by atoms with van der Waals surface area (Å²) in [6, 6.07) is 0.179. The molecule has 19 heavy (non-hydrogen) atoms. The lowest BCUT2D eigenvalue weighted by Gasteiger charge is -2.30. The topological polar surface area (TPSA) is 53.6 Å². The first-order valence-corrected chi connectivity index (χ1v) is 7.47. The van der Waals surface area contributed by atoms with Crippen molar-refractivity contribution in [1.82, 2.24) is 15.5 Å². The molecule has 1 saturated heterocycles. The first kappa shape index (κ1) is 16.4.